The van der Waals surface area contributed by atoms with E-state index in [9.17, 15) is 22.4 Å². The fourth-order valence-corrected chi connectivity index (χ4v) is 5.97. The van der Waals surface area contributed by atoms with Crippen LogP contribution in [0.3, 0.4) is 0 Å². The van der Waals surface area contributed by atoms with Gasteiger partial charge in [-0.05, 0) is 31.4 Å². The fourth-order valence-electron chi connectivity index (χ4n) is 3.40. The highest BCUT2D eigenvalue weighted by Crippen LogP contribution is 2.28. The summed E-state index contributed by atoms with van der Waals surface area (Å²) < 4.78 is 47.3. The maximum Gasteiger partial charge on any atom is 0.324 e. The summed E-state index contributed by atoms with van der Waals surface area (Å²) in [6.07, 6.45) is 1.36. The number of hydrogen-bond donors (Lipinski definition) is 0. The first-order valence-corrected chi connectivity index (χ1v) is 11.9. The molecule has 164 valence electrons. The summed E-state index contributed by atoms with van der Waals surface area (Å²) in [5.41, 5.74) is -0.150. The molecule has 1 atom stereocenters. The van der Waals surface area contributed by atoms with Crippen LogP contribution in [0.5, 0.6) is 0 Å². The van der Waals surface area contributed by atoms with E-state index in [1.807, 2.05) is 6.92 Å². The monoisotopic (exact) mass is 466 g/mol. The van der Waals surface area contributed by atoms with Gasteiger partial charge in [0, 0.05) is 12.6 Å². The number of carbonyl (C=O) groups excluding carboxylic acids is 1. The molecule has 0 spiro atoms. The Morgan fingerprint density at radius 2 is 2.13 bits per heavy atom. The predicted octanol–water partition coefficient (Wildman–Crippen LogP) is 1.75. The van der Waals surface area contributed by atoms with Gasteiger partial charge in [-0.1, -0.05) is 30.4 Å². The summed E-state index contributed by atoms with van der Waals surface area (Å²) >= 11 is 1.27. The lowest BCUT2D eigenvalue weighted by Crippen LogP contribution is -2.41. The molecule has 1 aliphatic rings. The zero-order valence-electron chi connectivity index (χ0n) is 16.5. The van der Waals surface area contributed by atoms with E-state index in [4.69, 9.17) is 4.74 Å². The molecule has 12 heteroatoms. The van der Waals surface area contributed by atoms with Crippen molar-refractivity contribution >= 4 is 32.3 Å². The zero-order chi connectivity index (χ0) is 22.2. The Hall–Kier alpha value is -2.70. The van der Waals surface area contributed by atoms with E-state index in [1.54, 1.807) is 0 Å². The maximum absolute atomic E-state index is 14.1. The number of carbonyl (C=O) groups is 1. The van der Waals surface area contributed by atoms with Crippen LogP contribution >= 0.6 is 11.3 Å². The van der Waals surface area contributed by atoms with Crippen LogP contribution in [0.4, 0.5) is 4.39 Å². The van der Waals surface area contributed by atoms with Gasteiger partial charge in [-0.15, -0.1) is 0 Å². The molecule has 2 aromatic heterocycles. The van der Waals surface area contributed by atoms with Gasteiger partial charge >= 0.3 is 5.97 Å². The number of aryl methyl sites for hydroxylation is 1. The number of nitrogens with zero attached hydrogens (tertiary/aromatic N) is 4. The van der Waals surface area contributed by atoms with E-state index in [-0.39, 0.29) is 25.3 Å². The lowest BCUT2D eigenvalue weighted by Gasteiger charge is -2.22. The van der Waals surface area contributed by atoms with Crippen molar-refractivity contribution in [3.63, 3.8) is 0 Å². The Labute approximate surface area is 181 Å². The summed E-state index contributed by atoms with van der Waals surface area (Å²) in [6.45, 7) is 1.71. The van der Waals surface area contributed by atoms with Gasteiger partial charge in [0.05, 0.1) is 5.69 Å². The number of ether oxygens (including phenoxy) is 1. The molecule has 1 fully saturated rings. The Morgan fingerprint density at radius 1 is 1.35 bits per heavy atom. The Morgan fingerprint density at radius 3 is 2.87 bits per heavy atom. The molecule has 0 saturated carbocycles. The highest BCUT2D eigenvalue weighted by molar-refractivity contribution is 7.89. The minimum atomic E-state index is -4.20. The van der Waals surface area contributed by atoms with E-state index in [0.717, 1.165) is 21.4 Å². The number of aromatic nitrogens is 3. The third-order valence-corrected chi connectivity index (χ3v) is 7.90. The summed E-state index contributed by atoms with van der Waals surface area (Å²) in [6, 6.07) is 5.19. The molecule has 9 nitrogen and oxygen atoms in total. The quantitative estimate of drug-likeness (QED) is 0.509. The largest absolute Gasteiger partial charge is 0.458 e. The van der Waals surface area contributed by atoms with Crippen molar-refractivity contribution in [1.82, 2.24) is 18.9 Å². The van der Waals surface area contributed by atoms with E-state index in [2.05, 4.69) is 10.1 Å². The maximum atomic E-state index is 14.1. The molecule has 0 bridgehead atoms. The van der Waals surface area contributed by atoms with Gasteiger partial charge in [-0.25, -0.2) is 17.8 Å². The lowest BCUT2D eigenvalue weighted by atomic mass is 10.2. The Kier molecular flexibility index (Phi) is 5.86. The van der Waals surface area contributed by atoms with Gasteiger partial charge in [0.15, 0.2) is 0 Å². The van der Waals surface area contributed by atoms with Crippen molar-refractivity contribution in [1.29, 1.82) is 0 Å². The van der Waals surface area contributed by atoms with E-state index < -0.39 is 38.3 Å². The van der Waals surface area contributed by atoms with Crippen molar-refractivity contribution in [3.05, 3.63) is 57.2 Å². The van der Waals surface area contributed by atoms with Crippen LogP contribution in [0.15, 0.2) is 40.0 Å². The molecule has 0 amide bonds. The van der Waals surface area contributed by atoms with Crippen molar-refractivity contribution in [2.75, 3.05) is 6.54 Å². The molecule has 4 rings (SSSR count). The Balaban J connectivity index is 1.51. The van der Waals surface area contributed by atoms with Crippen LogP contribution in [0.2, 0.25) is 0 Å². The summed E-state index contributed by atoms with van der Waals surface area (Å²) in [4.78, 5) is 29.1. The van der Waals surface area contributed by atoms with Crippen LogP contribution in [0.25, 0.3) is 4.96 Å². The van der Waals surface area contributed by atoms with Crippen LogP contribution in [-0.2, 0) is 32.6 Å². The van der Waals surface area contributed by atoms with Gasteiger partial charge in [0.25, 0.3) is 5.56 Å². The molecule has 0 unspecified atom stereocenters. The minimum Gasteiger partial charge on any atom is -0.458 e. The van der Waals surface area contributed by atoms with E-state index in [1.165, 1.54) is 34.1 Å². The molecule has 0 N–H and O–H groups in total. The van der Waals surface area contributed by atoms with Crippen LogP contribution in [-0.4, -0.2) is 45.9 Å². The average Bonchev–Trinajstić information content (AvgIpc) is 3.40. The van der Waals surface area contributed by atoms with Crippen molar-refractivity contribution < 1.29 is 22.3 Å². The third kappa shape index (κ3) is 4.10. The van der Waals surface area contributed by atoms with E-state index >= 15 is 0 Å². The molecule has 31 heavy (non-hydrogen) atoms. The number of halogens is 1. The smallest absolute Gasteiger partial charge is 0.324 e. The van der Waals surface area contributed by atoms with Gasteiger partial charge in [-0.2, -0.15) is 13.9 Å². The summed E-state index contributed by atoms with van der Waals surface area (Å²) in [5, 5.41) is 4.90. The van der Waals surface area contributed by atoms with Crippen molar-refractivity contribution in [2.24, 2.45) is 0 Å². The number of sulfonamides is 1. The highest BCUT2D eigenvalue weighted by Gasteiger charge is 2.41. The van der Waals surface area contributed by atoms with Crippen LogP contribution in [0.1, 0.15) is 30.5 Å². The normalized spacial score (nSPS) is 17.3. The first-order valence-electron chi connectivity index (χ1n) is 9.63. The van der Waals surface area contributed by atoms with Crippen molar-refractivity contribution in [2.45, 2.75) is 43.7 Å². The van der Waals surface area contributed by atoms with Gasteiger partial charge in [0.2, 0.25) is 15.0 Å². The second-order valence-corrected chi connectivity index (χ2v) is 9.84. The number of esters is 1. The van der Waals surface area contributed by atoms with Crippen LogP contribution < -0.4 is 5.56 Å². The minimum absolute atomic E-state index is 0.0860. The Bertz CT molecular complexity index is 1300. The summed E-state index contributed by atoms with van der Waals surface area (Å²) in [7, 11) is -4.20. The van der Waals surface area contributed by atoms with Crippen molar-refractivity contribution in [3.8, 4) is 0 Å². The predicted molar refractivity (Wildman–Crippen MR) is 110 cm³/mol. The second kappa shape index (κ2) is 8.44. The molecule has 3 aromatic rings. The molecule has 1 saturated heterocycles. The molecule has 1 aromatic carbocycles. The summed E-state index contributed by atoms with van der Waals surface area (Å²) in [5.74, 6) is -1.64. The highest BCUT2D eigenvalue weighted by atomic mass is 32.2. The van der Waals surface area contributed by atoms with Gasteiger partial charge < -0.3 is 4.74 Å². The topological polar surface area (TPSA) is 111 Å². The fraction of sp³-hybridized carbons (Fsp3) is 0.368. The number of fused-ring (bicyclic) bond motifs is 1. The van der Waals surface area contributed by atoms with E-state index in [0.29, 0.717) is 17.8 Å². The molecule has 0 radical (unpaired) electrons. The second-order valence-electron chi connectivity index (χ2n) is 6.94. The standard InChI is InChI=1S/C19H19FN4O5S2/c1-2-16-22-24-17(25)10-12(21-19(24)30-16)11-29-18(26)14-7-5-9-23(14)31(27,28)15-8-4-3-6-13(15)20/h3-4,6,8,10,14H,2,5,7,9,11H2,1H3/t14-/m0/s1. The van der Waals surface area contributed by atoms with Gasteiger partial charge in [0.1, 0.15) is 28.4 Å². The first kappa shape index (κ1) is 21.5. The first-order chi connectivity index (χ1) is 14.8. The number of benzene rings is 1. The molecule has 1 aliphatic heterocycles. The average molecular weight is 467 g/mol. The van der Waals surface area contributed by atoms with Gasteiger partial charge in [-0.3, -0.25) is 9.59 Å². The number of rotatable bonds is 6. The van der Waals surface area contributed by atoms with Crippen LogP contribution in [0, 0.1) is 5.82 Å². The zero-order valence-corrected chi connectivity index (χ0v) is 18.2. The molecular formula is C19H19FN4O5S2. The molecule has 0 aliphatic carbocycles. The number of hydrogen-bond acceptors (Lipinski definition) is 8. The molecular weight excluding hydrogens is 447 g/mol. The lowest BCUT2D eigenvalue weighted by molar-refractivity contribution is -0.148. The molecule has 3 heterocycles. The third-order valence-electron chi connectivity index (χ3n) is 4.90. The SMILES string of the molecule is CCc1nn2c(=O)cc(COC(=O)[C@@H]3CCCN3S(=O)(=O)c3ccccc3F)nc2s1.